The van der Waals surface area contributed by atoms with Gasteiger partial charge in [0, 0.05) is 25.7 Å². The number of carbonyl (C=O) groups excluding carboxylic acids is 4. The number of phosphoric ester groups is 2. The highest BCUT2D eigenvalue weighted by Gasteiger charge is 2.31. The highest BCUT2D eigenvalue weighted by atomic mass is 31.2. The third-order valence-corrected chi connectivity index (χ3v) is 24.7. The summed E-state index contributed by atoms with van der Waals surface area (Å²) in [7, 11) is -9.94. The normalized spacial score (nSPS) is 13.6. The zero-order valence-corrected chi connectivity index (χ0v) is 77.7. The number of rotatable bonds is 96. The van der Waals surface area contributed by atoms with Gasteiger partial charge in [0.05, 0.1) is 26.4 Å². The van der Waals surface area contributed by atoms with Gasteiger partial charge in [0.15, 0.2) is 12.2 Å². The van der Waals surface area contributed by atoms with Gasteiger partial charge in [-0.2, -0.15) is 0 Å². The molecule has 0 fully saturated rings. The van der Waals surface area contributed by atoms with Crippen LogP contribution in [0.1, 0.15) is 529 Å². The smallest absolute Gasteiger partial charge is 0.462 e. The molecule has 0 aromatic heterocycles. The Morgan fingerprint density at radius 3 is 0.591 bits per heavy atom. The highest BCUT2D eigenvalue weighted by molar-refractivity contribution is 7.47. The summed E-state index contributed by atoms with van der Waals surface area (Å²) in [6.45, 7) is 7.40. The van der Waals surface area contributed by atoms with Gasteiger partial charge in [0.25, 0.3) is 0 Å². The van der Waals surface area contributed by atoms with Crippen LogP contribution in [0.3, 0.4) is 0 Å². The average molecular weight is 1680 g/mol. The molecular formula is C96H188O17P2. The van der Waals surface area contributed by atoms with Crippen LogP contribution >= 0.6 is 15.6 Å². The standard InChI is InChI=1S/C96H188O17P2/c1-6-9-12-15-18-21-24-27-30-33-36-38-40-43-45-48-51-54-59-64-69-74-79-93(98)106-85-91(112-95(100)81-77-72-67-61-56-53-50-47-44-41-39-37-34-31-28-25-22-19-16-13-10-7-2)87-110-114(102,103)108-83-90(97)84-109-115(104,105)111-88-92(86-107-94(99)80-75-70-65-62-57-58-63-68-73-78-89(4)5)113-96(101)82-76-71-66-60-55-52-49-46-42-35-32-29-26-23-20-17-14-11-8-3/h89-92,97H,6-88H2,1-5H3,(H,102,103)(H,104,105)/t90-,91-,92-/m1/s1. The van der Waals surface area contributed by atoms with Crippen molar-refractivity contribution in [3.8, 4) is 0 Å². The first kappa shape index (κ1) is 113. The van der Waals surface area contributed by atoms with Crippen molar-refractivity contribution in [3.05, 3.63) is 0 Å². The van der Waals surface area contributed by atoms with Crippen LogP contribution in [0.5, 0.6) is 0 Å². The Morgan fingerprint density at radius 2 is 0.400 bits per heavy atom. The van der Waals surface area contributed by atoms with Gasteiger partial charge in [0.1, 0.15) is 19.3 Å². The van der Waals surface area contributed by atoms with Crippen molar-refractivity contribution >= 4 is 39.5 Å². The van der Waals surface area contributed by atoms with E-state index >= 15 is 0 Å². The van der Waals surface area contributed by atoms with Gasteiger partial charge in [-0.05, 0) is 31.6 Å². The summed E-state index contributed by atoms with van der Waals surface area (Å²) in [5, 5.41) is 10.7. The molecule has 0 aliphatic carbocycles. The minimum atomic E-state index is -4.97. The van der Waals surface area contributed by atoms with E-state index < -0.39 is 97.5 Å². The topological polar surface area (TPSA) is 237 Å². The predicted octanol–water partition coefficient (Wildman–Crippen LogP) is 30.3. The summed E-state index contributed by atoms with van der Waals surface area (Å²) in [5.41, 5.74) is 0. The van der Waals surface area contributed by atoms with E-state index in [-0.39, 0.29) is 25.7 Å². The van der Waals surface area contributed by atoms with E-state index in [1.54, 1.807) is 0 Å². The SMILES string of the molecule is CCCCCCCCCCCCCCCCCCCCCCCCC(=O)OC[C@H](COP(=O)(O)OC[C@@H](O)COP(=O)(O)OC[C@@H](COC(=O)CCCCCCCCCCCC(C)C)OC(=O)CCCCCCCCCCCCCCCCCCCCC)OC(=O)CCCCCCCCCCCCCCCCCCCCCCCC. The van der Waals surface area contributed by atoms with Gasteiger partial charge in [-0.1, -0.05) is 478 Å². The highest BCUT2D eigenvalue weighted by Crippen LogP contribution is 2.45. The third kappa shape index (κ3) is 89.6. The Morgan fingerprint density at radius 1 is 0.235 bits per heavy atom. The van der Waals surface area contributed by atoms with Crippen LogP contribution in [0, 0.1) is 5.92 Å². The molecule has 3 N–H and O–H groups in total. The van der Waals surface area contributed by atoms with Crippen molar-refractivity contribution in [2.24, 2.45) is 5.92 Å². The molecular weight excluding hydrogens is 1490 g/mol. The fraction of sp³-hybridized carbons (Fsp3) is 0.958. The number of phosphoric acid groups is 2. The molecule has 17 nitrogen and oxygen atoms in total. The summed E-state index contributed by atoms with van der Waals surface area (Å²) in [6, 6.07) is 0. The van der Waals surface area contributed by atoms with E-state index in [0.717, 1.165) is 95.8 Å². The fourth-order valence-corrected chi connectivity index (χ4v) is 16.8. The summed E-state index contributed by atoms with van der Waals surface area (Å²) >= 11 is 0. The largest absolute Gasteiger partial charge is 0.472 e. The molecule has 19 heteroatoms. The summed E-state index contributed by atoms with van der Waals surface area (Å²) in [6.07, 6.45) is 86.5. The molecule has 0 aromatic rings. The minimum Gasteiger partial charge on any atom is -0.462 e. The number of aliphatic hydroxyl groups is 1. The van der Waals surface area contributed by atoms with Crippen LogP contribution < -0.4 is 0 Å². The monoisotopic (exact) mass is 1680 g/mol. The van der Waals surface area contributed by atoms with E-state index in [4.69, 9.17) is 37.0 Å². The van der Waals surface area contributed by atoms with Crippen molar-refractivity contribution in [3.63, 3.8) is 0 Å². The summed E-state index contributed by atoms with van der Waals surface area (Å²) < 4.78 is 69.2. The van der Waals surface area contributed by atoms with E-state index in [1.807, 2.05) is 0 Å². The quantitative estimate of drug-likeness (QED) is 0.0222. The Hall–Kier alpha value is -1.94. The van der Waals surface area contributed by atoms with Crippen LogP contribution in [0.15, 0.2) is 0 Å². The number of carbonyl (C=O) groups is 4. The van der Waals surface area contributed by atoms with Crippen LogP contribution in [0.2, 0.25) is 0 Å². The number of aliphatic hydroxyl groups excluding tert-OH is 1. The molecule has 0 saturated carbocycles. The van der Waals surface area contributed by atoms with E-state index in [9.17, 15) is 43.2 Å². The molecule has 115 heavy (non-hydrogen) atoms. The lowest BCUT2D eigenvalue weighted by Crippen LogP contribution is -2.30. The van der Waals surface area contributed by atoms with Crippen molar-refractivity contribution in [2.75, 3.05) is 39.6 Å². The van der Waals surface area contributed by atoms with Gasteiger partial charge < -0.3 is 33.8 Å². The molecule has 0 amide bonds. The maximum Gasteiger partial charge on any atom is 0.472 e. The van der Waals surface area contributed by atoms with Gasteiger partial charge in [-0.15, -0.1) is 0 Å². The Balaban J connectivity index is 5.23. The third-order valence-electron chi connectivity index (χ3n) is 22.8. The number of hydrogen-bond acceptors (Lipinski definition) is 15. The van der Waals surface area contributed by atoms with E-state index in [1.165, 1.54) is 353 Å². The molecule has 0 bridgehead atoms. The zero-order valence-electron chi connectivity index (χ0n) is 76.0. The number of unbranched alkanes of at least 4 members (excludes halogenated alkanes) is 68. The lowest BCUT2D eigenvalue weighted by molar-refractivity contribution is -0.161. The number of ether oxygens (including phenoxy) is 4. The van der Waals surface area contributed by atoms with E-state index in [2.05, 4.69) is 34.6 Å². The molecule has 0 aliphatic rings. The predicted molar refractivity (Wildman–Crippen MR) is 479 cm³/mol. The van der Waals surface area contributed by atoms with Crippen LogP contribution in [0.4, 0.5) is 0 Å². The van der Waals surface area contributed by atoms with Gasteiger partial charge >= 0.3 is 39.5 Å². The molecule has 0 aromatic carbocycles. The molecule has 0 spiro atoms. The molecule has 0 aliphatic heterocycles. The van der Waals surface area contributed by atoms with Crippen molar-refractivity contribution in [1.29, 1.82) is 0 Å². The van der Waals surface area contributed by atoms with Crippen LogP contribution in [-0.4, -0.2) is 96.7 Å². The maximum absolute atomic E-state index is 13.2. The maximum atomic E-state index is 13.2. The molecule has 0 radical (unpaired) electrons. The molecule has 684 valence electrons. The Labute approximate surface area is 708 Å². The second-order valence-corrected chi connectivity index (χ2v) is 37.8. The van der Waals surface area contributed by atoms with Gasteiger partial charge in [-0.3, -0.25) is 37.3 Å². The molecule has 0 rings (SSSR count). The second-order valence-electron chi connectivity index (χ2n) is 34.9. The molecule has 2 unspecified atom stereocenters. The van der Waals surface area contributed by atoms with Gasteiger partial charge in [0.2, 0.25) is 0 Å². The molecule has 0 saturated heterocycles. The first-order valence-corrected chi connectivity index (χ1v) is 52.6. The van der Waals surface area contributed by atoms with Crippen molar-refractivity contribution < 1.29 is 80.2 Å². The van der Waals surface area contributed by atoms with Crippen LogP contribution in [-0.2, 0) is 65.4 Å². The second kappa shape index (κ2) is 88.4. The minimum absolute atomic E-state index is 0.109. The average Bonchev–Trinajstić information content (AvgIpc) is 0.897. The Bertz CT molecular complexity index is 2170. The van der Waals surface area contributed by atoms with E-state index in [0.29, 0.717) is 25.7 Å². The molecule has 5 atom stereocenters. The first-order chi connectivity index (χ1) is 56.0. The first-order valence-electron chi connectivity index (χ1n) is 49.6. The summed E-state index contributed by atoms with van der Waals surface area (Å²) in [5.74, 6) is -1.35. The Kier molecular flexibility index (Phi) is 86.9. The van der Waals surface area contributed by atoms with Gasteiger partial charge in [-0.25, -0.2) is 9.13 Å². The zero-order chi connectivity index (χ0) is 84.0. The lowest BCUT2D eigenvalue weighted by atomic mass is 10.0. The van der Waals surface area contributed by atoms with Crippen LogP contribution in [0.25, 0.3) is 0 Å². The van der Waals surface area contributed by atoms with Crippen molar-refractivity contribution in [1.82, 2.24) is 0 Å². The van der Waals surface area contributed by atoms with Crippen molar-refractivity contribution in [2.45, 2.75) is 547 Å². The number of hydrogen-bond donors (Lipinski definition) is 3. The fourth-order valence-electron chi connectivity index (χ4n) is 15.2. The summed E-state index contributed by atoms with van der Waals surface area (Å²) in [4.78, 5) is 73.6. The number of esters is 4. The molecule has 0 heterocycles. The lowest BCUT2D eigenvalue weighted by Gasteiger charge is -2.21.